The van der Waals surface area contributed by atoms with Crippen LogP contribution in [-0.4, -0.2) is 28.1 Å². The van der Waals surface area contributed by atoms with Crippen molar-refractivity contribution in [2.45, 2.75) is 39.3 Å². The Labute approximate surface area is 215 Å². The summed E-state index contributed by atoms with van der Waals surface area (Å²) in [4.78, 5) is 11.4. The van der Waals surface area contributed by atoms with Gasteiger partial charge in [-0.2, -0.15) is 0 Å². The number of aromatic nitrogens is 1. The summed E-state index contributed by atoms with van der Waals surface area (Å²) in [5.41, 5.74) is 1.77. The quantitative estimate of drug-likeness (QED) is 0.240. The Bertz CT molecular complexity index is 1420. The number of fused-ring (bicyclic) bond motifs is 1. The normalized spacial score (nSPS) is 12.4. The minimum atomic E-state index is -4.90. The maximum Gasteiger partial charge on any atom is 0.573 e. The molecule has 1 unspecified atom stereocenters. The third-order valence-corrected chi connectivity index (χ3v) is 5.93. The highest BCUT2D eigenvalue weighted by Gasteiger charge is 2.33. The van der Waals surface area contributed by atoms with E-state index in [1.807, 2.05) is 6.07 Å². The smallest absolute Gasteiger partial charge is 0.479 e. The number of carboxylic acid groups (broad SMARTS) is 1. The molecule has 0 aliphatic heterocycles. The molecule has 3 aromatic carbocycles. The molecule has 0 saturated heterocycles. The number of nitrogens with zero attached hydrogens (tertiary/aromatic N) is 1. The first-order chi connectivity index (χ1) is 17.6. The summed E-state index contributed by atoms with van der Waals surface area (Å²) in [6.07, 6.45) is -5.60. The molecule has 37 heavy (non-hydrogen) atoms. The van der Waals surface area contributed by atoms with Crippen molar-refractivity contribution >= 4 is 28.5 Å². The van der Waals surface area contributed by atoms with E-state index < -0.39 is 18.4 Å². The molecule has 1 heterocycles. The van der Waals surface area contributed by atoms with Crippen LogP contribution in [0, 0.1) is 6.92 Å². The van der Waals surface area contributed by atoms with Gasteiger partial charge in [0.25, 0.3) is 0 Å². The van der Waals surface area contributed by atoms with E-state index in [0.29, 0.717) is 27.7 Å². The van der Waals surface area contributed by atoms with E-state index in [1.165, 1.54) is 12.1 Å². The first kappa shape index (κ1) is 26.2. The highest BCUT2D eigenvalue weighted by molar-refractivity contribution is 6.30. The van der Waals surface area contributed by atoms with E-state index in [0.717, 1.165) is 5.56 Å². The molecule has 1 aromatic heterocycles. The van der Waals surface area contributed by atoms with Crippen molar-refractivity contribution < 1.29 is 37.3 Å². The lowest BCUT2D eigenvalue weighted by Gasteiger charge is -2.15. The number of hydrogen-bond donors (Lipinski definition) is 1. The lowest BCUT2D eigenvalue weighted by atomic mass is 10.2. The summed E-state index contributed by atoms with van der Waals surface area (Å²) < 4.78 is 57.5. The van der Waals surface area contributed by atoms with Gasteiger partial charge in [0.1, 0.15) is 17.2 Å². The molecule has 1 atom stereocenters. The maximum absolute atomic E-state index is 13.2. The van der Waals surface area contributed by atoms with Crippen molar-refractivity contribution in [3.8, 4) is 23.0 Å². The Hall–Kier alpha value is -3.85. The van der Waals surface area contributed by atoms with Gasteiger partial charge in [0, 0.05) is 11.6 Å². The van der Waals surface area contributed by atoms with Gasteiger partial charge in [0.05, 0.1) is 16.6 Å². The number of ether oxygens (including phenoxy) is 3. The van der Waals surface area contributed by atoms with Crippen LogP contribution in [0.15, 0.2) is 66.7 Å². The van der Waals surface area contributed by atoms with E-state index in [-0.39, 0.29) is 29.9 Å². The van der Waals surface area contributed by atoms with E-state index in [4.69, 9.17) is 21.1 Å². The SMILES string of the molecule is CCC(Oc1cccc(Cn2c(C)c(Oc3ccc(Cl)cc3)c3c(OC(F)(F)F)cccc32)c1)C(=O)O. The van der Waals surface area contributed by atoms with Crippen LogP contribution in [0.2, 0.25) is 5.02 Å². The third-order valence-electron chi connectivity index (χ3n) is 5.68. The van der Waals surface area contributed by atoms with Crippen molar-refractivity contribution in [3.63, 3.8) is 0 Å². The molecule has 6 nitrogen and oxygen atoms in total. The second kappa shape index (κ2) is 10.6. The number of hydrogen-bond acceptors (Lipinski definition) is 4. The van der Waals surface area contributed by atoms with Crippen molar-refractivity contribution in [1.29, 1.82) is 0 Å². The van der Waals surface area contributed by atoms with Crippen LogP contribution in [0.25, 0.3) is 10.9 Å². The third kappa shape index (κ3) is 6.11. The summed E-state index contributed by atoms with van der Waals surface area (Å²) in [5, 5.41) is 9.95. The summed E-state index contributed by atoms with van der Waals surface area (Å²) in [5.74, 6) is -0.481. The topological polar surface area (TPSA) is 69.9 Å². The van der Waals surface area contributed by atoms with E-state index in [2.05, 4.69) is 4.74 Å². The molecule has 0 fully saturated rings. The molecule has 0 saturated carbocycles. The maximum atomic E-state index is 13.2. The lowest BCUT2D eigenvalue weighted by molar-refractivity contribution is -0.274. The van der Waals surface area contributed by atoms with E-state index in [1.54, 1.807) is 66.9 Å². The van der Waals surface area contributed by atoms with Gasteiger partial charge in [0.2, 0.25) is 0 Å². The molecular formula is C27H23ClF3NO5. The van der Waals surface area contributed by atoms with Crippen LogP contribution in [0.5, 0.6) is 23.0 Å². The first-order valence-corrected chi connectivity index (χ1v) is 11.7. The minimum Gasteiger partial charge on any atom is -0.479 e. The van der Waals surface area contributed by atoms with Crippen molar-refractivity contribution in [2.24, 2.45) is 0 Å². The average molecular weight is 534 g/mol. The summed E-state index contributed by atoms with van der Waals surface area (Å²) in [7, 11) is 0. The molecule has 0 aliphatic carbocycles. The Kier molecular flexibility index (Phi) is 7.54. The molecule has 1 N–H and O–H groups in total. The number of rotatable bonds is 9. The van der Waals surface area contributed by atoms with Crippen LogP contribution in [0.4, 0.5) is 13.2 Å². The zero-order valence-corrected chi connectivity index (χ0v) is 20.6. The summed E-state index contributed by atoms with van der Waals surface area (Å²) in [6, 6.07) is 17.7. The largest absolute Gasteiger partial charge is 0.573 e. The predicted molar refractivity (Wildman–Crippen MR) is 133 cm³/mol. The number of carboxylic acids is 1. The Morgan fingerprint density at radius 1 is 1.05 bits per heavy atom. The Balaban J connectivity index is 1.78. The van der Waals surface area contributed by atoms with Gasteiger partial charge in [-0.25, -0.2) is 4.79 Å². The monoisotopic (exact) mass is 533 g/mol. The van der Waals surface area contributed by atoms with Crippen LogP contribution in [0.1, 0.15) is 24.6 Å². The predicted octanol–water partition coefficient (Wildman–Crippen LogP) is 7.58. The average Bonchev–Trinajstić information content (AvgIpc) is 3.10. The van der Waals surface area contributed by atoms with Gasteiger partial charge in [-0.3, -0.25) is 0 Å². The summed E-state index contributed by atoms with van der Waals surface area (Å²) in [6.45, 7) is 3.70. The second-order valence-corrected chi connectivity index (χ2v) is 8.69. The van der Waals surface area contributed by atoms with Gasteiger partial charge >= 0.3 is 12.3 Å². The van der Waals surface area contributed by atoms with Crippen molar-refractivity contribution in [2.75, 3.05) is 0 Å². The van der Waals surface area contributed by atoms with Crippen LogP contribution in [-0.2, 0) is 11.3 Å². The molecule has 4 aromatic rings. The Morgan fingerprint density at radius 2 is 1.76 bits per heavy atom. The molecular weight excluding hydrogens is 511 g/mol. The lowest BCUT2D eigenvalue weighted by Crippen LogP contribution is -2.25. The fraction of sp³-hybridized carbons (Fsp3) is 0.222. The van der Waals surface area contributed by atoms with Crippen LogP contribution in [0.3, 0.4) is 0 Å². The second-order valence-electron chi connectivity index (χ2n) is 8.26. The number of carbonyl (C=O) groups is 1. The van der Waals surface area contributed by atoms with Gasteiger partial charge in [-0.1, -0.05) is 36.7 Å². The molecule has 4 rings (SSSR count). The highest BCUT2D eigenvalue weighted by Crippen LogP contribution is 2.43. The van der Waals surface area contributed by atoms with Gasteiger partial charge in [-0.05, 0) is 67.4 Å². The first-order valence-electron chi connectivity index (χ1n) is 11.3. The molecule has 10 heteroatoms. The standard InChI is InChI=1S/C27H23ClF3NO5/c1-3-22(26(33)34)35-20-7-4-6-17(14-20)15-32-16(2)25(36-19-12-10-18(28)11-13-19)24-21(32)8-5-9-23(24)37-27(29,30)31/h4-14,22H,3,15H2,1-2H3,(H,33,34). The molecule has 0 aliphatic rings. The fourth-order valence-electron chi connectivity index (χ4n) is 3.99. The number of aliphatic carboxylic acids is 1. The van der Waals surface area contributed by atoms with Crippen LogP contribution >= 0.6 is 11.6 Å². The zero-order valence-electron chi connectivity index (χ0n) is 19.9. The van der Waals surface area contributed by atoms with Crippen molar-refractivity contribution in [3.05, 3.63) is 83.0 Å². The van der Waals surface area contributed by atoms with Crippen LogP contribution < -0.4 is 14.2 Å². The fourth-order valence-corrected chi connectivity index (χ4v) is 4.11. The minimum absolute atomic E-state index is 0.164. The van der Waals surface area contributed by atoms with Gasteiger partial charge in [-0.15, -0.1) is 13.2 Å². The number of halogens is 4. The molecule has 0 amide bonds. The number of benzene rings is 3. The molecule has 0 spiro atoms. The molecule has 0 bridgehead atoms. The van der Waals surface area contributed by atoms with Gasteiger partial charge in [0.15, 0.2) is 11.9 Å². The van der Waals surface area contributed by atoms with Gasteiger partial charge < -0.3 is 23.9 Å². The van der Waals surface area contributed by atoms with E-state index in [9.17, 15) is 23.1 Å². The van der Waals surface area contributed by atoms with Crippen molar-refractivity contribution in [1.82, 2.24) is 4.57 Å². The number of alkyl halides is 3. The Morgan fingerprint density at radius 3 is 2.41 bits per heavy atom. The molecule has 0 radical (unpaired) electrons. The highest BCUT2D eigenvalue weighted by atomic mass is 35.5. The zero-order chi connectivity index (χ0) is 26.7. The summed E-state index contributed by atoms with van der Waals surface area (Å²) >= 11 is 5.96. The van der Waals surface area contributed by atoms with E-state index >= 15 is 0 Å². The molecule has 194 valence electrons.